The molecule has 0 saturated heterocycles. The van der Waals surface area contributed by atoms with Gasteiger partial charge in [0.1, 0.15) is 0 Å². The Morgan fingerprint density at radius 3 is 2.00 bits per heavy atom. The lowest BCUT2D eigenvalue weighted by Gasteiger charge is -2.32. The minimum Gasteiger partial charge on any atom is -0.324 e. The third-order valence-corrected chi connectivity index (χ3v) is 3.66. The third kappa shape index (κ3) is 3.57. The number of nitro benzene ring substituents is 1. The zero-order valence-electron chi connectivity index (χ0n) is 11.0. The minimum absolute atomic E-state index is 0.244. The first-order valence-electron chi connectivity index (χ1n) is 5.60. The van der Waals surface area contributed by atoms with E-state index in [1.165, 1.54) is 5.32 Å². The van der Waals surface area contributed by atoms with Gasteiger partial charge in [-0.1, -0.05) is 0 Å². The lowest BCUT2D eigenvalue weighted by molar-refractivity contribution is -0.384. The molecule has 1 N–H and O–H groups in total. The summed E-state index contributed by atoms with van der Waals surface area (Å²) in [4.78, 5) is 21.3. The molecule has 0 atom stereocenters. The average Bonchev–Trinajstić information content (AvgIpc) is 2.36. The van der Waals surface area contributed by atoms with Gasteiger partial charge in [-0.05, 0) is 28.9 Å². The Balaban J connectivity index is 3.22. The van der Waals surface area contributed by atoms with Crippen molar-refractivity contribution in [3.8, 4) is 0 Å². The Morgan fingerprint density at radius 2 is 1.65 bits per heavy atom. The summed E-state index contributed by atoms with van der Waals surface area (Å²) < 4.78 is 76.2. The van der Waals surface area contributed by atoms with Crippen LogP contribution in [0, 0.1) is 15.5 Å². The molecule has 1 aromatic carbocycles. The third-order valence-electron chi connectivity index (χ3n) is 3.00. The zero-order chi connectivity index (χ0) is 18.2. The Hall–Kier alpha value is -1.85. The molecule has 0 bridgehead atoms. The molecule has 5 nitrogen and oxygen atoms in total. The number of carbonyl (C=O) groups is 1. The zero-order valence-corrected chi connectivity index (χ0v) is 12.6. The summed E-state index contributed by atoms with van der Waals surface area (Å²) in [6, 6.07) is 2.46. The summed E-state index contributed by atoms with van der Waals surface area (Å²) in [5.41, 5.74) is -5.58. The molecule has 128 valence electrons. The Morgan fingerprint density at radius 1 is 1.17 bits per heavy atom. The van der Waals surface area contributed by atoms with Crippen molar-refractivity contribution in [2.75, 3.05) is 5.32 Å². The van der Waals surface area contributed by atoms with Crippen molar-refractivity contribution in [2.24, 2.45) is 5.41 Å². The van der Waals surface area contributed by atoms with Crippen LogP contribution in [0.5, 0.6) is 0 Å². The van der Waals surface area contributed by atoms with Gasteiger partial charge < -0.3 is 5.32 Å². The van der Waals surface area contributed by atoms with Crippen molar-refractivity contribution < 1.29 is 36.1 Å². The lowest BCUT2D eigenvalue weighted by atomic mass is 9.87. The molecule has 1 aromatic rings. The van der Waals surface area contributed by atoms with E-state index in [0.717, 1.165) is 18.2 Å². The average molecular weight is 409 g/mol. The fourth-order valence-corrected chi connectivity index (χ4v) is 1.85. The molecular formula is C11H7BrF6N2O3. The van der Waals surface area contributed by atoms with Crippen LogP contribution in [0.3, 0.4) is 0 Å². The van der Waals surface area contributed by atoms with Crippen LogP contribution in [-0.4, -0.2) is 23.2 Å². The minimum atomic E-state index is -5.89. The molecule has 0 aromatic heterocycles. The van der Waals surface area contributed by atoms with Gasteiger partial charge in [0.2, 0.25) is 11.3 Å². The monoisotopic (exact) mass is 408 g/mol. The number of non-ortho nitro benzene ring substituents is 1. The molecule has 12 heteroatoms. The molecule has 0 saturated carbocycles. The van der Waals surface area contributed by atoms with E-state index in [1.807, 2.05) is 0 Å². The smallest absolute Gasteiger partial charge is 0.324 e. The lowest BCUT2D eigenvalue weighted by Crippen LogP contribution is -2.55. The number of halogens is 7. The number of nitrogens with zero attached hydrogens (tertiary/aromatic N) is 1. The summed E-state index contributed by atoms with van der Waals surface area (Å²) >= 11 is 2.73. The Bertz CT molecular complexity index is 630. The van der Waals surface area contributed by atoms with Gasteiger partial charge in [-0.25, -0.2) is 0 Å². The second-order valence-electron chi connectivity index (χ2n) is 4.50. The van der Waals surface area contributed by atoms with E-state index in [2.05, 4.69) is 15.9 Å². The van der Waals surface area contributed by atoms with Crippen LogP contribution in [0.15, 0.2) is 22.7 Å². The van der Waals surface area contributed by atoms with Crippen LogP contribution < -0.4 is 5.32 Å². The Labute approximate surface area is 132 Å². The molecule has 0 fully saturated rings. The predicted molar refractivity (Wildman–Crippen MR) is 69.6 cm³/mol. The fraction of sp³-hybridized carbons (Fsp3) is 0.364. The number of benzene rings is 1. The maximum Gasteiger partial charge on any atom is 0.411 e. The predicted octanol–water partition coefficient (Wildman–Crippen LogP) is 4.43. The second kappa shape index (κ2) is 5.98. The number of hydrogen-bond acceptors (Lipinski definition) is 3. The van der Waals surface area contributed by atoms with Crippen LogP contribution in [0.25, 0.3) is 0 Å². The Kier molecular flexibility index (Phi) is 4.99. The molecule has 23 heavy (non-hydrogen) atoms. The number of hydrogen-bond donors (Lipinski definition) is 1. The molecule has 1 rings (SSSR count). The first-order valence-corrected chi connectivity index (χ1v) is 6.40. The van der Waals surface area contributed by atoms with E-state index in [9.17, 15) is 41.3 Å². The molecule has 0 aliphatic carbocycles. The van der Waals surface area contributed by atoms with E-state index >= 15 is 0 Å². The summed E-state index contributed by atoms with van der Waals surface area (Å²) in [7, 11) is 0. The van der Waals surface area contributed by atoms with E-state index < -0.39 is 40.0 Å². The van der Waals surface area contributed by atoms with Gasteiger partial charge in [-0.15, -0.1) is 0 Å². The van der Waals surface area contributed by atoms with E-state index in [0.29, 0.717) is 0 Å². The number of alkyl halides is 6. The molecule has 1 amide bonds. The van der Waals surface area contributed by atoms with Crippen LogP contribution in [0.4, 0.5) is 37.7 Å². The van der Waals surface area contributed by atoms with Crippen molar-refractivity contribution in [3.63, 3.8) is 0 Å². The SMILES string of the molecule is CC(C(=O)Nc1ccc([N+](=O)[O-])cc1Br)(C(F)(F)F)C(F)(F)F. The van der Waals surface area contributed by atoms with Crippen molar-refractivity contribution in [3.05, 3.63) is 32.8 Å². The van der Waals surface area contributed by atoms with Gasteiger partial charge >= 0.3 is 12.4 Å². The highest BCUT2D eigenvalue weighted by molar-refractivity contribution is 9.10. The van der Waals surface area contributed by atoms with Gasteiger partial charge in [0.15, 0.2) is 0 Å². The molecule has 0 unspecified atom stereocenters. The van der Waals surface area contributed by atoms with Crippen LogP contribution in [0.1, 0.15) is 6.92 Å². The maximum atomic E-state index is 12.7. The van der Waals surface area contributed by atoms with Crippen LogP contribution in [-0.2, 0) is 4.79 Å². The summed E-state index contributed by atoms with van der Waals surface area (Å²) in [6.45, 7) is -0.290. The number of carbonyl (C=O) groups excluding carboxylic acids is 1. The fourth-order valence-electron chi connectivity index (χ4n) is 1.38. The largest absolute Gasteiger partial charge is 0.411 e. The van der Waals surface area contributed by atoms with Gasteiger partial charge in [0.25, 0.3) is 5.69 Å². The van der Waals surface area contributed by atoms with Gasteiger partial charge in [-0.3, -0.25) is 14.9 Å². The topological polar surface area (TPSA) is 72.2 Å². The molecule has 0 radical (unpaired) electrons. The molecule has 0 spiro atoms. The van der Waals surface area contributed by atoms with Gasteiger partial charge in [0.05, 0.1) is 10.6 Å². The van der Waals surface area contributed by atoms with Gasteiger partial charge in [0, 0.05) is 16.6 Å². The summed E-state index contributed by atoms with van der Waals surface area (Å²) in [6.07, 6.45) is -11.8. The van der Waals surface area contributed by atoms with Crippen molar-refractivity contribution >= 4 is 33.2 Å². The normalized spacial score (nSPS) is 12.9. The maximum absolute atomic E-state index is 12.7. The first-order chi connectivity index (χ1) is 10.2. The molecular weight excluding hydrogens is 402 g/mol. The highest BCUT2D eigenvalue weighted by atomic mass is 79.9. The number of anilines is 1. The number of amides is 1. The van der Waals surface area contributed by atoms with E-state index in [-0.39, 0.29) is 11.4 Å². The summed E-state index contributed by atoms with van der Waals surface area (Å²) in [5.74, 6) is -2.35. The summed E-state index contributed by atoms with van der Waals surface area (Å²) in [5, 5.41) is 12.0. The molecule has 0 aliphatic heterocycles. The molecule has 0 aliphatic rings. The highest BCUT2D eigenvalue weighted by Crippen LogP contribution is 2.50. The van der Waals surface area contributed by atoms with Crippen molar-refractivity contribution in [1.29, 1.82) is 0 Å². The van der Waals surface area contributed by atoms with E-state index in [4.69, 9.17) is 0 Å². The van der Waals surface area contributed by atoms with Crippen LogP contribution >= 0.6 is 15.9 Å². The number of rotatable bonds is 3. The second-order valence-corrected chi connectivity index (χ2v) is 5.35. The number of nitro groups is 1. The number of nitrogens with one attached hydrogen (secondary N) is 1. The van der Waals surface area contributed by atoms with Crippen molar-refractivity contribution in [2.45, 2.75) is 19.3 Å². The molecule has 0 heterocycles. The first kappa shape index (κ1) is 19.2. The standard InChI is InChI=1S/C11H7BrF6N2O3/c1-9(10(13,14)15,11(16,17)18)8(21)19-7-3-2-5(20(22)23)4-6(7)12/h2-4H,1H3,(H,19,21). The van der Waals surface area contributed by atoms with E-state index in [1.54, 1.807) is 0 Å². The van der Waals surface area contributed by atoms with Gasteiger partial charge in [-0.2, -0.15) is 26.3 Å². The highest BCUT2D eigenvalue weighted by Gasteiger charge is 2.72. The van der Waals surface area contributed by atoms with Crippen molar-refractivity contribution in [1.82, 2.24) is 0 Å². The quantitative estimate of drug-likeness (QED) is 0.456. The van der Waals surface area contributed by atoms with Crippen LogP contribution in [0.2, 0.25) is 0 Å².